The van der Waals surface area contributed by atoms with Crippen molar-refractivity contribution in [1.29, 1.82) is 0 Å². The third kappa shape index (κ3) is 2.69. The maximum Gasteiger partial charge on any atom is 0.499 e. The van der Waals surface area contributed by atoms with Crippen molar-refractivity contribution in [3.05, 3.63) is 29.1 Å². The zero-order valence-electron chi connectivity index (χ0n) is 13.7. The molecular weight excluding hydrogens is 286 g/mol. The van der Waals surface area contributed by atoms with Gasteiger partial charge in [-0.3, -0.25) is 0 Å². The minimum atomic E-state index is -0.492. The van der Waals surface area contributed by atoms with Crippen LogP contribution in [0.25, 0.3) is 0 Å². The molecule has 1 saturated heterocycles. The molecular formula is C16H23BClO3. The maximum atomic E-state index is 6.35. The van der Waals surface area contributed by atoms with Crippen LogP contribution >= 0.6 is 11.6 Å². The Kier molecular flexibility index (Phi) is 4.36. The van der Waals surface area contributed by atoms with Crippen LogP contribution in [0.3, 0.4) is 0 Å². The SMILES string of the molecule is [CH2]Cc1cc(Cl)c(C)c(B2OC(C)(C)C(C)(C)O2)c1OC. The highest BCUT2D eigenvalue weighted by atomic mass is 35.5. The molecule has 0 aromatic heterocycles. The molecule has 1 radical (unpaired) electrons. The lowest BCUT2D eigenvalue weighted by Gasteiger charge is -2.32. The summed E-state index contributed by atoms with van der Waals surface area (Å²) in [4.78, 5) is 0. The molecule has 1 aliphatic rings. The molecule has 21 heavy (non-hydrogen) atoms. The molecule has 1 aliphatic heterocycles. The summed E-state index contributed by atoms with van der Waals surface area (Å²) in [6, 6.07) is 1.90. The van der Waals surface area contributed by atoms with E-state index in [0.29, 0.717) is 11.4 Å². The maximum absolute atomic E-state index is 6.35. The molecule has 0 saturated carbocycles. The van der Waals surface area contributed by atoms with Crippen molar-refractivity contribution in [2.24, 2.45) is 0 Å². The van der Waals surface area contributed by atoms with Gasteiger partial charge in [0.15, 0.2) is 0 Å². The zero-order chi connectivity index (χ0) is 16.0. The average Bonchev–Trinajstić information content (AvgIpc) is 2.60. The van der Waals surface area contributed by atoms with E-state index in [2.05, 4.69) is 6.92 Å². The Morgan fingerprint density at radius 3 is 2.19 bits per heavy atom. The molecule has 0 unspecified atom stereocenters. The Morgan fingerprint density at radius 2 is 1.76 bits per heavy atom. The summed E-state index contributed by atoms with van der Waals surface area (Å²) in [7, 11) is 1.16. The Morgan fingerprint density at radius 1 is 1.24 bits per heavy atom. The number of ether oxygens (including phenoxy) is 1. The van der Waals surface area contributed by atoms with E-state index < -0.39 is 18.3 Å². The van der Waals surface area contributed by atoms with Crippen LogP contribution in [0.2, 0.25) is 5.02 Å². The van der Waals surface area contributed by atoms with E-state index in [1.54, 1.807) is 7.11 Å². The summed E-state index contributed by atoms with van der Waals surface area (Å²) in [6.07, 6.45) is 0.593. The first kappa shape index (κ1) is 16.7. The summed E-state index contributed by atoms with van der Waals surface area (Å²) in [5, 5.41) is 0.680. The molecule has 3 nitrogen and oxygen atoms in total. The lowest BCUT2D eigenvalue weighted by molar-refractivity contribution is 0.00578. The monoisotopic (exact) mass is 309 g/mol. The van der Waals surface area contributed by atoms with Crippen molar-refractivity contribution >= 4 is 24.2 Å². The van der Waals surface area contributed by atoms with Crippen molar-refractivity contribution in [3.63, 3.8) is 0 Å². The third-order valence-electron chi connectivity index (χ3n) is 4.56. The molecule has 1 aromatic rings. The van der Waals surface area contributed by atoms with Gasteiger partial charge >= 0.3 is 7.12 Å². The summed E-state index contributed by atoms with van der Waals surface area (Å²) < 4.78 is 17.9. The number of rotatable bonds is 3. The molecule has 0 atom stereocenters. The van der Waals surface area contributed by atoms with Crippen molar-refractivity contribution in [3.8, 4) is 5.75 Å². The molecule has 0 amide bonds. The van der Waals surface area contributed by atoms with E-state index in [1.165, 1.54) is 0 Å². The van der Waals surface area contributed by atoms with Crippen molar-refractivity contribution in [2.75, 3.05) is 7.11 Å². The minimum Gasteiger partial charge on any atom is -0.497 e. The van der Waals surface area contributed by atoms with E-state index in [1.807, 2.05) is 40.7 Å². The van der Waals surface area contributed by atoms with Gasteiger partial charge in [0.25, 0.3) is 0 Å². The van der Waals surface area contributed by atoms with Gasteiger partial charge in [-0.1, -0.05) is 11.6 Å². The van der Waals surface area contributed by atoms with E-state index in [9.17, 15) is 0 Å². The Balaban J connectivity index is 2.57. The average molecular weight is 310 g/mol. The van der Waals surface area contributed by atoms with Crippen molar-refractivity contribution in [1.82, 2.24) is 0 Å². The molecule has 5 heteroatoms. The van der Waals surface area contributed by atoms with Gasteiger partial charge < -0.3 is 14.0 Å². The smallest absolute Gasteiger partial charge is 0.497 e. The van der Waals surface area contributed by atoms with Gasteiger partial charge in [0, 0.05) is 10.5 Å². The van der Waals surface area contributed by atoms with Crippen LogP contribution in [0, 0.1) is 13.8 Å². The summed E-state index contributed by atoms with van der Waals surface area (Å²) in [5.74, 6) is 0.755. The quantitative estimate of drug-likeness (QED) is 0.802. The summed E-state index contributed by atoms with van der Waals surface area (Å²) >= 11 is 6.35. The van der Waals surface area contributed by atoms with E-state index in [-0.39, 0.29) is 0 Å². The molecule has 0 N–H and O–H groups in total. The largest absolute Gasteiger partial charge is 0.499 e. The fourth-order valence-electron chi connectivity index (χ4n) is 2.47. The highest BCUT2D eigenvalue weighted by molar-refractivity contribution is 6.64. The first-order valence-electron chi connectivity index (χ1n) is 7.15. The molecule has 0 aliphatic carbocycles. The first-order valence-corrected chi connectivity index (χ1v) is 7.53. The van der Waals surface area contributed by atoms with Gasteiger partial charge in [-0.15, -0.1) is 0 Å². The predicted octanol–water partition coefficient (Wildman–Crippen LogP) is 3.33. The van der Waals surface area contributed by atoms with Gasteiger partial charge in [0.2, 0.25) is 0 Å². The van der Waals surface area contributed by atoms with Gasteiger partial charge in [0.1, 0.15) is 5.75 Å². The second kappa shape index (κ2) is 5.49. The summed E-state index contributed by atoms with van der Waals surface area (Å²) in [5.41, 5.74) is 1.94. The topological polar surface area (TPSA) is 27.7 Å². The van der Waals surface area contributed by atoms with Crippen LogP contribution in [-0.4, -0.2) is 25.4 Å². The Hall–Kier alpha value is -0.705. The number of methoxy groups -OCH3 is 1. The standard InChI is InChI=1S/C16H23BClO3/c1-8-11-9-12(18)10(2)13(14(11)19-7)17-20-15(3,4)16(5,6)21-17/h9H,1,8H2,2-7H3. The molecule has 0 bridgehead atoms. The number of benzene rings is 1. The van der Waals surface area contributed by atoms with Gasteiger partial charge in [-0.05, 0) is 65.2 Å². The Labute approximate surface area is 133 Å². The normalized spacial score (nSPS) is 19.9. The zero-order valence-corrected chi connectivity index (χ0v) is 14.4. The van der Waals surface area contributed by atoms with Crippen molar-refractivity contribution in [2.45, 2.75) is 52.2 Å². The molecule has 1 fully saturated rings. The number of hydrogen-bond donors (Lipinski definition) is 0. The third-order valence-corrected chi connectivity index (χ3v) is 4.95. The lowest BCUT2D eigenvalue weighted by atomic mass is 9.74. The van der Waals surface area contributed by atoms with Gasteiger partial charge in [-0.2, -0.15) is 0 Å². The van der Waals surface area contributed by atoms with Crippen LogP contribution < -0.4 is 10.2 Å². The highest BCUT2D eigenvalue weighted by Crippen LogP contribution is 2.38. The lowest BCUT2D eigenvalue weighted by Crippen LogP contribution is -2.41. The van der Waals surface area contributed by atoms with Crippen LogP contribution in [0.4, 0.5) is 0 Å². The minimum absolute atomic E-state index is 0.401. The van der Waals surface area contributed by atoms with Crippen LogP contribution in [0.5, 0.6) is 5.75 Å². The fraction of sp³-hybridized carbons (Fsp3) is 0.562. The predicted molar refractivity (Wildman–Crippen MR) is 87.5 cm³/mol. The number of hydrogen-bond acceptors (Lipinski definition) is 3. The first-order chi connectivity index (χ1) is 9.64. The molecule has 115 valence electrons. The fourth-order valence-corrected chi connectivity index (χ4v) is 2.70. The molecule has 1 heterocycles. The Bertz CT molecular complexity index is 539. The number of halogens is 1. The van der Waals surface area contributed by atoms with Gasteiger partial charge in [0.05, 0.1) is 18.3 Å². The highest BCUT2D eigenvalue weighted by Gasteiger charge is 2.53. The van der Waals surface area contributed by atoms with Crippen LogP contribution in [0.15, 0.2) is 6.07 Å². The molecule has 2 rings (SSSR count). The van der Waals surface area contributed by atoms with E-state index >= 15 is 0 Å². The van der Waals surface area contributed by atoms with E-state index in [4.69, 9.17) is 25.6 Å². The molecule has 1 aromatic carbocycles. The molecule has 0 spiro atoms. The van der Waals surface area contributed by atoms with Crippen LogP contribution in [0.1, 0.15) is 38.8 Å². The van der Waals surface area contributed by atoms with E-state index in [0.717, 1.165) is 22.3 Å². The van der Waals surface area contributed by atoms with Gasteiger partial charge in [-0.25, -0.2) is 0 Å². The second-order valence-electron chi connectivity index (χ2n) is 6.43. The summed E-state index contributed by atoms with van der Waals surface area (Å²) in [6.45, 7) is 14.0. The second-order valence-corrected chi connectivity index (χ2v) is 6.83. The van der Waals surface area contributed by atoms with Crippen molar-refractivity contribution < 1.29 is 14.0 Å². The van der Waals surface area contributed by atoms with Crippen LogP contribution in [-0.2, 0) is 15.7 Å².